The largest absolute Gasteiger partial charge is 0.316 e. The first-order valence-electron chi connectivity index (χ1n) is 4.86. The van der Waals surface area contributed by atoms with Gasteiger partial charge in [-0.15, -0.1) is 0 Å². The molecule has 0 aliphatic carbocycles. The molecule has 12 heavy (non-hydrogen) atoms. The van der Waals surface area contributed by atoms with E-state index in [1.807, 2.05) is 7.05 Å². The van der Waals surface area contributed by atoms with Crippen molar-refractivity contribution in [2.24, 2.45) is 0 Å². The van der Waals surface area contributed by atoms with E-state index in [4.69, 9.17) is 0 Å². The van der Waals surface area contributed by atoms with Gasteiger partial charge in [0, 0.05) is 13.1 Å². The lowest BCUT2D eigenvalue weighted by molar-refractivity contribution is 0.245. The van der Waals surface area contributed by atoms with Crippen molar-refractivity contribution in [2.75, 3.05) is 33.2 Å². The molecule has 0 saturated carbocycles. The Labute approximate surface area is 75.6 Å². The van der Waals surface area contributed by atoms with E-state index < -0.39 is 0 Å². The first kappa shape index (κ1) is 9.75. The van der Waals surface area contributed by atoms with E-state index in [9.17, 15) is 0 Å². The van der Waals surface area contributed by atoms with Gasteiger partial charge >= 0.3 is 0 Å². The van der Waals surface area contributed by atoms with Crippen LogP contribution in [0, 0.1) is 0 Å². The number of piperidine rings is 1. The zero-order chi connectivity index (χ0) is 8.81. The predicted octanol–water partition coefficient (Wildman–Crippen LogP) is 1.25. The van der Waals surface area contributed by atoms with Crippen LogP contribution in [0.1, 0.15) is 19.3 Å². The standard InChI is InChI=1S/C10H20N2/c1-10(8-11-2)9-12-6-4-3-5-7-12/h11H,1,3-9H2,2H3. The van der Waals surface area contributed by atoms with Gasteiger partial charge in [0.25, 0.3) is 0 Å². The highest BCUT2D eigenvalue weighted by atomic mass is 15.1. The molecule has 1 aliphatic rings. The van der Waals surface area contributed by atoms with Gasteiger partial charge in [0.2, 0.25) is 0 Å². The van der Waals surface area contributed by atoms with Crippen LogP contribution in [-0.2, 0) is 0 Å². The molecular formula is C10H20N2. The van der Waals surface area contributed by atoms with Crippen LogP contribution in [0.15, 0.2) is 12.2 Å². The normalized spacial score (nSPS) is 19.4. The van der Waals surface area contributed by atoms with Crippen molar-refractivity contribution >= 4 is 0 Å². The van der Waals surface area contributed by atoms with Gasteiger partial charge in [0.1, 0.15) is 0 Å². The smallest absolute Gasteiger partial charge is 0.0202 e. The summed E-state index contributed by atoms with van der Waals surface area (Å²) >= 11 is 0. The summed E-state index contributed by atoms with van der Waals surface area (Å²) < 4.78 is 0. The van der Waals surface area contributed by atoms with Crippen molar-refractivity contribution in [3.05, 3.63) is 12.2 Å². The second-order valence-electron chi connectivity index (χ2n) is 3.62. The molecule has 0 aromatic heterocycles. The van der Waals surface area contributed by atoms with Crippen LogP contribution in [-0.4, -0.2) is 38.1 Å². The minimum Gasteiger partial charge on any atom is -0.316 e. The molecule has 1 aliphatic heterocycles. The monoisotopic (exact) mass is 168 g/mol. The Bertz CT molecular complexity index is 137. The molecule has 70 valence electrons. The van der Waals surface area contributed by atoms with Crippen molar-refractivity contribution in [3.8, 4) is 0 Å². The third-order valence-electron chi connectivity index (χ3n) is 2.32. The molecule has 1 rings (SSSR count). The minimum absolute atomic E-state index is 0.955. The molecule has 0 atom stereocenters. The van der Waals surface area contributed by atoms with Crippen LogP contribution in [0.3, 0.4) is 0 Å². The summed E-state index contributed by atoms with van der Waals surface area (Å²) in [7, 11) is 1.97. The molecule has 2 heteroatoms. The fourth-order valence-electron chi connectivity index (χ4n) is 1.74. The number of rotatable bonds is 4. The van der Waals surface area contributed by atoms with Gasteiger partial charge in [-0.2, -0.15) is 0 Å². The second kappa shape index (κ2) is 5.33. The Hall–Kier alpha value is -0.340. The van der Waals surface area contributed by atoms with E-state index in [1.165, 1.54) is 37.9 Å². The lowest BCUT2D eigenvalue weighted by Gasteiger charge is -2.27. The van der Waals surface area contributed by atoms with E-state index in [-0.39, 0.29) is 0 Å². The zero-order valence-corrected chi connectivity index (χ0v) is 8.10. The lowest BCUT2D eigenvalue weighted by atomic mass is 10.1. The van der Waals surface area contributed by atoms with Gasteiger partial charge < -0.3 is 5.32 Å². The summed E-state index contributed by atoms with van der Waals surface area (Å²) in [5, 5.41) is 3.13. The molecule has 1 heterocycles. The first-order chi connectivity index (χ1) is 5.83. The average Bonchev–Trinajstić information content (AvgIpc) is 2.06. The molecule has 0 unspecified atom stereocenters. The van der Waals surface area contributed by atoms with E-state index in [2.05, 4.69) is 16.8 Å². The van der Waals surface area contributed by atoms with Crippen LogP contribution in [0.25, 0.3) is 0 Å². The third kappa shape index (κ3) is 3.37. The molecule has 0 aromatic rings. The zero-order valence-electron chi connectivity index (χ0n) is 8.10. The summed E-state index contributed by atoms with van der Waals surface area (Å²) in [6, 6.07) is 0. The number of hydrogen-bond acceptors (Lipinski definition) is 2. The van der Waals surface area contributed by atoms with Crippen molar-refractivity contribution in [2.45, 2.75) is 19.3 Å². The van der Waals surface area contributed by atoms with Crippen molar-refractivity contribution in [1.82, 2.24) is 10.2 Å². The van der Waals surface area contributed by atoms with Gasteiger partial charge in [0.15, 0.2) is 0 Å². The van der Waals surface area contributed by atoms with Crippen LogP contribution in [0.2, 0.25) is 0 Å². The summed E-state index contributed by atoms with van der Waals surface area (Å²) in [4.78, 5) is 2.50. The molecule has 0 spiro atoms. The van der Waals surface area contributed by atoms with Crippen LogP contribution in [0.4, 0.5) is 0 Å². The minimum atomic E-state index is 0.955. The SMILES string of the molecule is C=C(CNC)CN1CCCCC1. The molecule has 1 fully saturated rings. The average molecular weight is 168 g/mol. The van der Waals surface area contributed by atoms with E-state index in [0.29, 0.717) is 0 Å². The molecule has 2 nitrogen and oxygen atoms in total. The lowest BCUT2D eigenvalue weighted by Crippen LogP contribution is -2.32. The summed E-state index contributed by atoms with van der Waals surface area (Å²) in [6.45, 7) is 8.61. The Morgan fingerprint density at radius 2 is 2.00 bits per heavy atom. The van der Waals surface area contributed by atoms with Gasteiger partial charge in [0.05, 0.1) is 0 Å². The highest BCUT2D eigenvalue weighted by Crippen LogP contribution is 2.09. The van der Waals surface area contributed by atoms with Gasteiger partial charge in [-0.1, -0.05) is 13.0 Å². The Kier molecular flexibility index (Phi) is 4.33. The van der Waals surface area contributed by atoms with Gasteiger partial charge in [-0.3, -0.25) is 4.90 Å². The molecule has 0 amide bonds. The van der Waals surface area contributed by atoms with Crippen molar-refractivity contribution in [3.63, 3.8) is 0 Å². The second-order valence-corrected chi connectivity index (χ2v) is 3.62. The van der Waals surface area contributed by atoms with Crippen LogP contribution in [0.5, 0.6) is 0 Å². The van der Waals surface area contributed by atoms with Crippen molar-refractivity contribution in [1.29, 1.82) is 0 Å². The third-order valence-corrected chi connectivity index (χ3v) is 2.32. The Morgan fingerprint density at radius 1 is 1.33 bits per heavy atom. The fraction of sp³-hybridized carbons (Fsp3) is 0.800. The maximum Gasteiger partial charge on any atom is 0.0202 e. The topological polar surface area (TPSA) is 15.3 Å². The Balaban J connectivity index is 2.15. The molecule has 0 aromatic carbocycles. The Morgan fingerprint density at radius 3 is 2.58 bits per heavy atom. The van der Waals surface area contributed by atoms with E-state index >= 15 is 0 Å². The first-order valence-corrected chi connectivity index (χ1v) is 4.86. The van der Waals surface area contributed by atoms with Crippen molar-refractivity contribution < 1.29 is 0 Å². The van der Waals surface area contributed by atoms with Crippen LogP contribution >= 0.6 is 0 Å². The summed E-state index contributed by atoms with van der Waals surface area (Å²) in [5.74, 6) is 0. The van der Waals surface area contributed by atoms with Gasteiger partial charge in [-0.05, 0) is 38.6 Å². The maximum absolute atomic E-state index is 4.03. The van der Waals surface area contributed by atoms with Crippen LogP contribution < -0.4 is 5.32 Å². The fourth-order valence-corrected chi connectivity index (χ4v) is 1.74. The number of hydrogen-bond donors (Lipinski definition) is 1. The molecular weight excluding hydrogens is 148 g/mol. The molecule has 1 saturated heterocycles. The number of nitrogens with one attached hydrogen (secondary N) is 1. The summed E-state index contributed by atoms with van der Waals surface area (Å²) in [5.41, 5.74) is 1.31. The maximum atomic E-state index is 4.03. The van der Waals surface area contributed by atoms with E-state index in [1.54, 1.807) is 0 Å². The summed E-state index contributed by atoms with van der Waals surface area (Å²) in [6.07, 6.45) is 4.15. The van der Waals surface area contributed by atoms with Gasteiger partial charge in [-0.25, -0.2) is 0 Å². The number of likely N-dealkylation sites (N-methyl/N-ethyl adjacent to an activating group) is 1. The quantitative estimate of drug-likeness (QED) is 0.636. The highest BCUT2D eigenvalue weighted by molar-refractivity contribution is 4.99. The highest BCUT2D eigenvalue weighted by Gasteiger charge is 2.09. The number of nitrogens with zero attached hydrogens (tertiary/aromatic N) is 1. The predicted molar refractivity (Wildman–Crippen MR) is 53.4 cm³/mol. The molecule has 0 radical (unpaired) electrons. The molecule has 1 N–H and O–H groups in total. The molecule has 0 bridgehead atoms. The number of likely N-dealkylation sites (tertiary alicyclic amines) is 1. The van der Waals surface area contributed by atoms with E-state index in [0.717, 1.165) is 13.1 Å².